The molecule has 1 heterocycles. The van der Waals surface area contributed by atoms with Gasteiger partial charge in [0.1, 0.15) is 23.9 Å². The third-order valence-corrected chi connectivity index (χ3v) is 5.25. The lowest BCUT2D eigenvalue weighted by Gasteiger charge is -2.34. The number of hydrogen-bond donors (Lipinski definition) is 0. The van der Waals surface area contributed by atoms with Crippen LogP contribution in [0.25, 0.3) is 0 Å². The van der Waals surface area contributed by atoms with Gasteiger partial charge in [-0.1, -0.05) is 12.1 Å². The highest BCUT2D eigenvalue weighted by Crippen LogP contribution is 2.17. The molecule has 0 saturated carbocycles. The molecule has 6 heteroatoms. The number of nitrogens with zero attached hydrogens (tertiary/aromatic N) is 2. The van der Waals surface area contributed by atoms with Gasteiger partial charge in [-0.05, 0) is 48.4 Å². The van der Waals surface area contributed by atoms with Gasteiger partial charge in [-0.2, -0.15) is 0 Å². The zero-order chi connectivity index (χ0) is 20.5. The first kappa shape index (κ1) is 21.0. The van der Waals surface area contributed by atoms with Crippen molar-refractivity contribution in [1.29, 1.82) is 0 Å². The minimum atomic E-state index is 0.231. The van der Waals surface area contributed by atoms with E-state index in [2.05, 4.69) is 4.90 Å². The molecule has 0 aromatic heterocycles. The summed E-state index contributed by atoms with van der Waals surface area (Å²) in [5.74, 6) is 2.74. The second-order valence-corrected chi connectivity index (χ2v) is 7.09. The van der Waals surface area contributed by atoms with E-state index in [-0.39, 0.29) is 5.91 Å². The molecule has 1 saturated heterocycles. The van der Waals surface area contributed by atoms with Crippen molar-refractivity contribution < 1.29 is 19.0 Å². The molecule has 1 fully saturated rings. The maximum Gasteiger partial charge on any atom is 0.222 e. The molecule has 0 atom stereocenters. The van der Waals surface area contributed by atoms with Crippen LogP contribution in [0.1, 0.15) is 12.0 Å². The van der Waals surface area contributed by atoms with Gasteiger partial charge in [-0.25, -0.2) is 0 Å². The molecule has 0 N–H and O–H groups in total. The highest BCUT2D eigenvalue weighted by molar-refractivity contribution is 5.76. The van der Waals surface area contributed by atoms with E-state index >= 15 is 0 Å². The van der Waals surface area contributed by atoms with Crippen LogP contribution in [0.5, 0.6) is 17.2 Å². The zero-order valence-electron chi connectivity index (χ0n) is 17.3. The van der Waals surface area contributed by atoms with Gasteiger partial charge in [-0.3, -0.25) is 9.69 Å². The standard InChI is InChI=1S/C23H30N2O4/c1-27-20-6-3-19(4-7-20)5-12-23(26)25-15-13-24(14-16-25)17-18-29-22-10-8-21(28-2)9-11-22/h3-4,6-11H,5,12-18H2,1-2H3. The van der Waals surface area contributed by atoms with Crippen molar-refractivity contribution in [3.63, 3.8) is 0 Å². The number of rotatable bonds is 9. The molecular formula is C23H30N2O4. The normalized spacial score (nSPS) is 14.5. The summed E-state index contributed by atoms with van der Waals surface area (Å²) in [5.41, 5.74) is 1.16. The fraction of sp³-hybridized carbons (Fsp3) is 0.435. The van der Waals surface area contributed by atoms with Crippen LogP contribution in [0, 0.1) is 0 Å². The summed E-state index contributed by atoms with van der Waals surface area (Å²) in [5, 5.41) is 0. The second kappa shape index (κ2) is 10.7. The summed E-state index contributed by atoms with van der Waals surface area (Å²) in [6, 6.07) is 15.5. The van der Waals surface area contributed by atoms with E-state index in [1.54, 1.807) is 14.2 Å². The summed E-state index contributed by atoms with van der Waals surface area (Å²) in [6.07, 6.45) is 1.31. The van der Waals surface area contributed by atoms with Crippen LogP contribution < -0.4 is 14.2 Å². The van der Waals surface area contributed by atoms with Gasteiger partial charge in [0.15, 0.2) is 0 Å². The lowest BCUT2D eigenvalue weighted by molar-refractivity contribution is -0.132. The van der Waals surface area contributed by atoms with Crippen molar-refractivity contribution in [2.45, 2.75) is 12.8 Å². The topological polar surface area (TPSA) is 51.2 Å². The molecule has 2 aromatic carbocycles. The van der Waals surface area contributed by atoms with Gasteiger partial charge in [0.05, 0.1) is 14.2 Å². The first-order valence-corrected chi connectivity index (χ1v) is 10.1. The molecule has 0 spiro atoms. The van der Waals surface area contributed by atoms with Crippen LogP contribution in [0.2, 0.25) is 0 Å². The highest BCUT2D eigenvalue weighted by Gasteiger charge is 2.20. The number of benzene rings is 2. The lowest BCUT2D eigenvalue weighted by Crippen LogP contribution is -2.49. The van der Waals surface area contributed by atoms with E-state index in [0.717, 1.165) is 62.0 Å². The van der Waals surface area contributed by atoms with Crippen molar-refractivity contribution >= 4 is 5.91 Å². The van der Waals surface area contributed by atoms with Crippen LogP contribution in [0.4, 0.5) is 0 Å². The fourth-order valence-electron chi connectivity index (χ4n) is 3.39. The number of piperazine rings is 1. The molecule has 3 rings (SSSR count). The largest absolute Gasteiger partial charge is 0.497 e. The van der Waals surface area contributed by atoms with Crippen molar-refractivity contribution in [1.82, 2.24) is 9.80 Å². The van der Waals surface area contributed by atoms with E-state index in [9.17, 15) is 4.79 Å². The molecule has 0 unspecified atom stereocenters. The molecule has 0 aliphatic carbocycles. The Hall–Kier alpha value is -2.73. The molecule has 1 aliphatic heterocycles. The summed E-state index contributed by atoms with van der Waals surface area (Å²) >= 11 is 0. The first-order valence-electron chi connectivity index (χ1n) is 10.1. The molecule has 156 valence electrons. The Morgan fingerprint density at radius 1 is 0.828 bits per heavy atom. The summed E-state index contributed by atoms with van der Waals surface area (Å²) in [4.78, 5) is 16.8. The SMILES string of the molecule is COc1ccc(CCC(=O)N2CCN(CCOc3ccc(OC)cc3)CC2)cc1. The van der Waals surface area contributed by atoms with Crippen LogP contribution in [-0.4, -0.2) is 69.3 Å². The Balaban J connectivity index is 1.33. The molecule has 0 radical (unpaired) electrons. The Labute approximate surface area is 173 Å². The zero-order valence-corrected chi connectivity index (χ0v) is 17.3. The Kier molecular flexibility index (Phi) is 7.76. The van der Waals surface area contributed by atoms with E-state index in [4.69, 9.17) is 14.2 Å². The lowest BCUT2D eigenvalue weighted by atomic mass is 10.1. The number of hydrogen-bond acceptors (Lipinski definition) is 5. The van der Waals surface area contributed by atoms with E-state index in [1.165, 1.54) is 0 Å². The molecule has 2 aromatic rings. The van der Waals surface area contributed by atoms with E-state index < -0.39 is 0 Å². The molecular weight excluding hydrogens is 368 g/mol. The van der Waals surface area contributed by atoms with Crippen LogP contribution in [-0.2, 0) is 11.2 Å². The summed E-state index contributed by atoms with van der Waals surface area (Å²) in [6.45, 7) is 4.84. The van der Waals surface area contributed by atoms with Crippen LogP contribution in [0.3, 0.4) is 0 Å². The van der Waals surface area contributed by atoms with Gasteiger partial charge < -0.3 is 19.1 Å². The van der Waals surface area contributed by atoms with Gasteiger partial charge in [-0.15, -0.1) is 0 Å². The minimum Gasteiger partial charge on any atom is -0.497 e. The number of amides is 1. The second-order valence-electron chi connectivity index (χ2n) is 7.09. The van der Waals surface area contributed by atoms with E-state index in [0.29, 0.717) is 13.0 Å². The number of aryl methyl sites for hydroxylation is 1. The fourth-order valence-corrected chi connectivity index (χ4v) is 3.39. The van der Waals surface area contributed by atoms with Gasteiger partial charge in [0.2, 0.25) is 5.91 Å². The molecule has 0 bridgehead atoms. The molecule has 1 aliphatic rings. The van der Waals surface area contributed by atoms with Crippen molar-refractivity contribution in [2.24, 2.45) is 0 Å². The Morgan fingerprint density at radius 2 is 1.38 bits per heavy atom. The van der Waals surface area contributed by atoms with Gasteiger partial charge >= 0.3 is 0 Å². The van der Waals surface area contributed by atoms with Crippen molar-refractivity contribution in [3.05, 3.63) is 54.1 Å². The van der Waals surface area contributed by atoms with Crippen LogP contribution in [0.15, 0.2) is 48.5 Å². The molecule has 1 amide bonds. The van der Waals surface area contributed by atoms with E-state index in [1.807, 2.05) is 53.4 Å². The van der Waals surface area contributed by atoms with Crippen molar-refractivity contribution in [3.8, 4) is 17.2 Å². The monoisotopic (exact) mass is 398 g/mol. The summed E-state index contributed by atoms with van der Waals surface area (Å²) < 4.78 is 16.1. The maximum absolute atomic E-state index is 12.5. The minimum absolute atomic E-state index is 0.231. The average molecular weight is 399 g/mol. The van der Waals surface area contributed by atoms with Crippen molar-refractivity contribution in [2.75, 3.05) is 53.6 Å². The van der Waals surface area contributed by atoms with Gasteiger partial charge in [0.25, 0.3) is 0 Å². The number of carbonyl (C=O) groups is 1. The summed E-state index contributed by atoms with van der Waals surface area (Å²) in [7, 11) is 3.31. The first-order chi connectivity index (χ1) is 14.2. The predicted octanol–water partition coefficient (Wildman–Crippen LogP) is 2.86. The maximum atomic E-state index is 12.5. The molecule has 29 heavy (non-hydrogen) atoms. The molecule has 6 nitrogen and oxygen atoms in total. The Bertz CT molecular complexity index is 753. The number of ether oxygens (including phenoxy) is 3. The smallest absolute Gasteiger partial charge is 0.222 e. The third kappa shape index (κ3) is 6.39. The van der Waals surface area contributed by atoms with Crippen LogP contribution >= 0.6 is 0 Å². The average Bonchev–Trinajstić information content (AvgIpc) is 2.78. The quantitative estimate of drug-likeness (QED) is 0.650. The highest BCUT2D eigenvalue weighted by atomic mass is 16.5. The number of carbonyl (C=O) groups excluding carboxylic acids is 1. The third-order valence-electron chi connectivity index (χ3n) is 5.25. The predicted molar refractivity (Wildman–Crippen MR) is 113 cm³/mol. The Morgan fingerprint density at radius 3 is 1.97 bits per heavy atom. The number of methoxy groups -OCH3 is 2. The van der Waals surface area contributed by atoms with Gasteiger partial charge in [0, 0.05) is 39.1 Å².